The van der Waals surface area contributed by atoms with Crippen LogP contribution in [0.1, 0.15) is 29.7 Å². The van der Waals surface area contributed by atoms with Crippen LogP contribution in [0.3, 0.4) is 0 Å². The number of benzene rings is 2. The number of rotatable bonds is 8. The molecule has 26 heavy (non-hydrogen) atoms. The van der Waals surface area contributed by atoms with Gasteiger partial charge in [0, 0.05) is 24.8 Å². The molecule has 3 rings (SSSR count). The first-order valence-corrected chi connectivity index (χ1v) is 9.06. The smallest absolute Gasteiger partial charge is 0.220 e. The van der Waals surface area contributed by atoms with Crippen molar-refractivity contribution in [2.24, 2.45) is 0 Å². The van der Waals surface area contributed by atoms with Crippen LogP contribution in [0.2, 0.25) is 0 Å². The summed E-state index contributed by atoms with van der Waals surface area (Å²) in [6.07, 6.45) is 1.86. The first-order valence-electron chi connectivity index (χ1n) is 9.06. The van der Waals surface area contributed by atoms with Gasteiger partial charge >= 0.3 is 0 Å². The highest BCUT2D eigenvalue weighted by Crippen LogP contribution is 2.22. The number of carbonyl (C=O) groups is 1. The van der Waals surface area contributed by atoms with Gasteiger partial charge in [-0.25, -0.2) is 0 Å². The molecule has 0 aliphatic carbocycles. The van der Waals surface area contributed by atoms with Crippen LogP contribution in [-0.4, -0.2) is 19.1 Å². The predicted octanol–water partition coefficient (Wildman–Crippen LogP) is 4.57. The number of hydrogen-bond acceptors (Lipinski definition) is 3. The van der Waals surface area contributed by atoms with E-state index in [4.69, 9.17) is 9.15 Å². The fraction of sp³-hybridized carbons (Fsp3) is 0.318. The molecule has 136 valence electrons. The van der Waals surface area contributed by atoms with E-state index in [2.05, 4.69) is 5.32 Å². The van der Waals surface area contributed by atoms with Gasteiger partial charge in [0.25, 0.3) is 0 Å². The molecule has 0 spiro atoms. The summed E-state index contributed by atoms with van der Waals surface area (Å²) in [6.45, 7) is 5.19. The molecular formula is C22H25NO3. The van der Waals surface area contributed by atoms with Gasteiger partial charge in [-0.15, -0.1) is 0 Å². The Morgan fingerprint density at radius 1 is 1.08 bits per heavy atom. The highest BCUT2D eigenvalue weighted by molar-refractivity contribution is 5.78. The summed E-state index contributed by atoms with van der Waals surface area (Å²) in [7, 11) is 0. The molecule has 1 N–H and O–H groups in total. The Morgan fingerprint density at radius 3 is 2.62 bits per heavy atom. The van der Waals surface area contributed by atoms with Gasteiger partial charge in [0.2, 0.25) is 5.91 Å². The van der Waals surface area contributed by atoms with Gasteiger partial charge in [0.1, 0.15) is 17.1 Å². The van der Waals surface area contributed by atoms with E-state index >= 15 is 0 Å². The number of aryl methyl sites for hydroxylation is 2. The molecule has 0 saturated carbocycles. The number of furan rings is 1. The molecule has 4 heteroatoms. The van der Waals surface area contributed by atoms with Gasteiger partial charge in [-0.3, -0.25) is 4.79 Å². The van der Waals surface area contributed by atoms with E-state index in [1.165, 1.54) is 0 Å². The highest BCUT2D eigenvalue weighted by Gasteiger charge is 2.06. The van der Waals surface area contributed by atoms with Crippen LogP contribution in [0.15, 0.2) is 52.9 Å². The van der Waals surface area contributed by atoms with Crippen LogP contribution >= 0.6 is 0 Å². The van der Waals surface area contributed by atoms with Crippen molar-refractivity contribution in [1.82, 2.24) is 5.32 Å². The van der Waals surface area contributed by atoms with Crippen LogP contribution in [0.25, 0.3) is 11.0 Å². The SMILES string of the molecule is Cc1cccc(C)c1OCCCC(=O)NCCc1cc2ccccc2o1. The average Bonchev–Trinajstić information content (AvgIpc) is 3.03. The molecule has 1 heterocycles. The van der Waals surface area contributed by atoms with Crippen molar-refractivity contribution in [3.05, 3.63) is 65.4 Å². The maximum Gasteiger partial charge on any atom is 0.220 e. The number of fused-ring (bicyclic) bond motifs is 1. The summed E-state index contributed by atoms with van der Waals surface area (Å²) < 4.78 is 11.6. The zero-order chi connectivity index (χ0) is 18.4. The van der Waals surface area contributed by atoms with Crippen molar-refractivity contribution in [2.75, 3.05) is 13.2 Å². The molecule has 0 unspecified atom stereocenters. The normalized spacial score (nSPS) is 10.8. The first kappa shape index (κ1) is 18.1. The minimum Gasteiger partial charge on any atom is -0.493 e. The maximum atomic E-state index is 12.0. The largest absolute Gasteiger partial charge is 0.493 e. The lowest BCUT2D eigenvalue weighted by molar-refractivity contribution is -0.121. The second-order valence-electron chi connectivity index (χ2n) is 6.52. The Labute approximate surface area is 154 Å². The van der Waals surface area contributed by atoms with E-state index in [9.17, 15) is 4.79 Å². The standard InChI is InChI=1S/C22H25NO3/c1-16-7-5-8-17(2)22(16)25-14-6-11-21(24)23-13-12-19-15-18-9-3-4-10-20(18)26-19/h3-5,7-10,15H,6,11-14H2,1-2H3,(H,23,24). The second-order valence-corrected chi connectivity index (χ2v) is 6.52. The van der Waals surface area contributed by atoms with Gasteiger partial charge in [-0.2, -0.15) is 0 Å². The number of carbonyl (C=O) groups excluding carboxylic acids is 1. The third-order valence-electron chi connectivity index (χ3n) is 4.37. The van der Waals surface area contributed by atoms with Crippen molar-refractivity contribution in [1.29, 1.82) is 0 Å². The molecule has 0 atom stereocenters. The number of hydrogen-bond donors (Lipinski definition) is 1. The lowest BCUT2D eigenvalue weighted by atomic mass is 10.1. The molecule has 4 nitrogen and oxygen atoms in total. The van der Waals surface area contributed by atoms with E-state index < -0.39 is 0 Å². The highest BCUT2D eigenvalue weighted by atomic mass is 16.5. The number of nitrogens with one attached hydrogen (secondary N) is 1. The summed E-state index contributed by atoms with van der Waals surface area (Å²) in [5.74, 6) is 1.87. The number of ether oxygens (including phenoxy) is 1. The van der Waals surface area contributed by atoms with Crippen molar-refractivity contribution < 1.29 is 13.9 Å². The molecule has 0 saturated heterocycles. The Balaban J connectivity index is 1.35. The zero-order valence-corrected chi connectivity index (χ0v) is 15.4. The van der Waals surface area contributed by atoms with Crippen molar-refractivity contribution >= 4 is 16.9 Å². The van der Waals surface area contributed by atoms with Gasteiger partial charge in [-0.1, -0.05) is 36.4 Å². The molecule has 0 fully saturated rings. The maximum absolute atomic E-state index is 12.0. The quantitative estimate of drug-likeness (QED) is 0.605. The van der Waals surface area contributed by atoms with E-state index in [1.54, 1.807) is 0 Å². The first-order chi connectivity index (χ1) is 12.6. The third kappa shape index (κ3) is 4.66. The molecule has 0 bridgehead atoms. The van der Waals surface area contributed by atoms with Crippen molar-refractivity contribution in [3.8, 4) is 5.75 Å². The predicted molar refractivity (Wildman–Crippen MR) is 104 cm³/mol. The fourth-order valence-electron chi connectivity index (χ4n) is 3.01. The zero-order valence-electron chi connectivity index (χ0n) is 15.4. The van der Waals surface area contributed by atoms with Crippen LogP contribution in [-0.2, 0) is 11.2 Å². The molecule has 1 amide bonds. The summed E-state index contributed by atoms with van der Waals surface area (Å²) >= 11 is 0. The monoisotopic (exact) mass is 351 g/mol. The van der Waals surface area contributed by atoms with Crippen LogP contribution in [0.4, 0.5) is 0 Å². The van der Waals surface area contributed by atoms with E-state index in [1.807, 2.05) is 62.4 Å². The Hall–Kier alpha value is -2.75. The molecule has 0 aliphatic rings. The van der Waals surface area contributed by atoms with Gasteiger partial charge in [-0.05, 0) is 43.5 Å². The minimum absolute atomic E-state index is 0.0474. The minimum atomic E-state index is 0.0474. The van der Waals surface area contributed by atoms with E-state index in [0.29, 0.717) is 32.4 Å². The van der Waals surface area contributed by atoms with Gasteiger partial charge in [0.05, 0.1) is 6.61 Å². The number of para-hydroxylation sites is 2. The summed E-state index contributed by atoms with van der Waals surface area (Å²) in [6, 6.07) is 16.0. The van der Waals surface area contributed by atoms with E-state index in [-0.39, 0.29) is 5.91 Å². The molecule has 3 aromatic rings. The molecule has 2 aromatic carbocycles. The molecule has 0 aliphatic heterocycles. The van der Waals surface area contributed by atoms with Crippen LogP contribution < -0.4 is 10.1 Å². The third-order valence-corrected chi connectivity index (χ3v) is 4.37. The summed E-state index contributed by atoms with van der Waals surface area (Å²) in [4.78, 5) is 12.0. The topological polar surface area (TPSA) is 51.5 Å². The Morgan fingerprint density at radius 2 is 1.85 bits per heavy atom. The summed E-state index contributed by atoms with van der Waals surface area (Å²) in [5, 5.41) is 4.04. The fourth-order valence-corrected chi connectivity index (χ4v) is 3.01. The Bertz CT molecular complexity index is 829. The lowest BCUT2D eigenvalue weighted by Gasteiger charge is -2.11. The Kier molecular flexibility index (Phi) is 5.95. The van der Waals surface area contributed by atoms with E-state index in [0.717, 1.165) is 33.6 Å². The lowest BCUT2D eigenvalue weighted by Crippen LogP contribution is -2.25. The molecule has 1 aromatic heterocycles. The molecular weight excluding hydrogens is 326 g/mol. The molecule has 0 radical (unpaired) electrons. The second kappa shape index (κ2) is 8.56. The summed E-state index contributed by atoms with van der Waals surface area (Å²) in [5.41, 5.74) is 3.14. The van der Waals surface area contributed by atoms with Crippen molar-refractivity contribution in [3.63, 3.8) is 0 Å². The average molecular weight is 351 g/mol. The van der Waals surface area contributed by atoms with Crippen molar-refractivity contribution in [2.45, 2.75) is 33.1 Å². The van der Waals surface area contributed by atoms with Crippen LogP contribution in [0.5, 0.6) is 5.75 Å². The van der Waals surface area contributed by atoms with Gasteiger partial charge in [0.15, 0.2) is 0 Å². The number of amides is 1. The van der Waals surface area contributed by atoms with Gasteiger partial charge < -0.3 is 14.5 Å². The van der Waals surface area contributed by atoms with Crippen LogP contribution in [0, 0.1) is 13.8 Å².